The van der Waals surface area contributed by atoms with E-state index >= 15 is 0 Å². The Hall–Kier alpha value is -0.670. The zero-order valence-electron chi connectivity index (χ0n) is 11.9. The van der Waals surface area contributed by atoms with E-state index in [1.54, 1.807) is 0 Å². The quantitative estimate of drug-likeness (QED) is 0.769. The highest BCUT2D eigenvalue weighted by atomic mass is 35.5. The normalized spacial score (nSPS) is 15.4. The lowest BCUT2D eigenvalue weighted by atomic mass is 9.82. The van der Waals surface area contributed by atoms with Crippen molar-refractivity contribution in [1.29, 1.82) is 0 Å². The highest BCUT2D eigenvalue weighted by Crippen LogP contribution is 2.32. The SMILES string of the molecule is CC(CC(N)c1cc(F)c(F)cc1Cl)CC(C)(C)C. The highest BCUT2D eigenvalue weighted by molar-refractivity contribution is 6.31. The van der Waals surface area contributed by atoms with Crippen molar-refractivity contribution in [3.63, 3.8) is 0 Å². The molecule has 2 N–H and O–H groups in total. The second-order valence-corrected chi connectivity index (χ2v) is 6.91. The van der Waals surface area contributed by atoms with Crippen LogP contribution in [0.3, 0.4) is 0 Å². The van der Waals surface area contributed by atoms with Gasteiger partial charge in [0.25, 0.3) is 0 Å². The summed E-state index contributed by atoms with van der Waals surface area (Å²) in [6.07, 6.45) is 1.71. The Bertz CT molecular complexity index is 441. The average Bonchev–Trinajstić information content (AvgIpc) is 2.20. The Morgan fingerprint density at radius 1 is 1.21 bits per heavy atom. The minimum absolute atomic E-state index is 0.189. The molecule has 0 radical (unpaired) electrons. The van der Waals surface area contributed by atoms with Crippen LogP contribution >= 0.6 is 11.6 Å². The molecule has 1 aromatic rings. The molecule has 2 atom stereocenters. The van der Waals surface area contributed by atoms with Gasteiger partial charge in [-0.15, -0.1) is 0 Å². The Labute approximate surface area is 119 Å². The molecule has 0 saturated carbocycles. The van der Waals surface area contributed by atoms with E-state index in [1.165, 1.54) is 0 Å². The molecule has 0 amide bonds. The van der Waals surface area contributed by atoms with Crippen LogP contribution in [-0.2, 0) is 0 Å². The molecule has 1 nitrogen and oxygen atoms in total. The summed E-state index contributed by atoms with van der Waals surface area (Å²) in [5, 5.41) is 0.189. The minimum atomic E-state index is -0.941. The van der Waals surface area contributed by atoms with Crippen molar-refractivity contribution in [2.75, 3.05) is 0 Å². The van der Waals surface area contributed by atoms with Crippen LogP contribution in [0.2, 0.25) is 5.02 Å². The van der Waals surface area contributed by atoms with Crippen molar-refractivity contribution in [3.8, 4) is 0 Å². The fourth-order valence-corrected chi connectivity index (χ4v) is 2.80. The summed E-state index contributed by atoms with van der Waals surface area (Å²) < 4.78 is 26.2. The van der Waals surface area contributed by atoms with Crippen LogP contribution in [0.15, 0.2) is 12.1 Å². The third-order valence-electron chi connectivity index (χ3n) is 3.06. The van der Waals surface area contributed by atoms with Gasteiger partial charge >= 0.3 is 0 Å². The zero-order chi connectivity index (χ0) is 14.8. The average molecular weight is 290 g/mol. The Kier molecular flexibility index (Phi) is 5.34. The molecule has 0 heterocycles. The number of rotatable bonds is 4. The van der Waals surface area contributed by atoms with E-state index in [1.807, 2.05) is 0 Å². The van der Waals surface area contributed by atoms with Crippen molar-refractivity contribution >= 4 is 11.6 Å². The van der Waals surface area contributed by atoms with E-state index in [2.05, 4.69) is 27.7 Å². The van der Waals surface area contributed by atoms with Crippen LogP contribution in [-0.4, -0.2) is 0 Å². The highest BCUT2D eigenvalue weighted by Gasteiger charge is 2.20. The van der Waals surface area contributed by atoms with E-state index in [4.69, 9.17) is 17.3 Å². The van der Waals surface area contributed by atoms with E-state index in [9.17, 15) is 8.78 Å². The lowest BCUT2D eigenvalue weighted by Crippen LogP contribution is -2.18. The lowest BCUT2D eigenvalue weighted by Gasteiger charge is -2.25. The van der Waals surface area contributed by atoms with Gasteiger partial charge in [-0.2, -0.15) is 0 Å². The Balaban J connectivity index is 2.78. The predicted molar refractivity (Wildman–Crippen MR) is 76.1 cm³/mol. The molecule has 0 saturated heterocycles. The molecule has 4 heteroatoms. The Morgan fingerprint density at radius 2 is 1.74 bits per heavy atom. The first kappa shape index (κ1) is 16.4. The van der Waals surface area contributed by atoms with Crippen molar-refractivity contribution in [1.82, 2.24) is 0 Å². The second-order valence-electron chi connectivity index (χ2n) is 6.50. The van der Waals surface area contributed by atoms with Crippen LogP contribution in [0.1, 0.15) is 52.1 Å². The molecule has 108 valence electrons. The van der Waals surface area contributed by atoms with Crippen LogP contribution < -0.4 is 5.73 Å². The van der Waals surface area contributed by atoms with Crippen molar-refractivity contribution in [2.45, 2.75) is 46.6 Å². The summed E-state index contributed by atoms with van der Waals surface area (Å²) in [5.41, 5.74) is 6.75. The van der Waals surface area contributed by atoms with Gasteiger partial charge in [-0.3, -0.25) is 0 Å². The summed E-state index contributed by atoms with van der Waals surface area (Å²) in [6, 6.07) is 1.71. The number of hydrogen-bond donors (Lipinski definition) is 1. The van der Waals surface area contributed by atoms with Gasteiger partial charge in [0.1, 0.15) is 0 Å². The van der Waals surface area contributed by atoms with Gasteiger partial charge in [0, 0.05) is 11.1 Å². The second kappa shape index (κ2) is 6.19. The topological polar surface area (TPSA) is 26.0 Å². The maximum Gasteiger partial charge on any atom is 0.160 e. The molecular formula is C15H22ClF2N. The standard InChI is InChI=1S/C15H22ClF2N/c1-9(8-15(2,3)4)5-14(19)10-6-12(17)13(18)7-11(10)16/h6-7,9,14H,5,8,19H2,1-4H3. The molecule has 0 aliphatic carbocycles. The molecule has 0 fully saturated rings. The summed E-state index contributed by atoms with van der Waals surface area (Å²) in [4.78, 5) is 0. The number of nitrogens with two attached hydrogens (primary N) is 1. The number of halogens is 3. The third-order valence-corrected chi connectivity index (χ3v) is 3.38. The predicted octanol–water partition coefficient (Wildman–Crippen LogP) is 5.08. The summed E-state index contributed by atoms with van der Waals surface area (Å²) >= 11 is 5.93. The molecule has 0 aliphatic rings. The monoisotopic (exact) mass is 289 g/mol. The molecule has 1 aromatic carbocycles. The largest absolute Gasteiger partial charge is 0.324 e. The van der Waals surface area contributed by atoms with Gasteiger partial charge in [0.15, 0.2) is 11.6 Å². The van der Waals surface area contributed by atoms with Gasteiger partial charge in [0.2, 0.25) is 0 Å². The number of hydrogen-bond acceptors (Lipinski definition) is 1. The van der Waals surface area contributed by atoms with E-state index in [-0.39, 0.29) is 16.5 Å². The molecular weight excluding hydrogens is 268 g/mol. The van der Waals surface area contributed by atoms with Gasteiger partial charge in [-0.25, -0.2) is 8.78 Å². The molecule has 1 rings (SSSR count). The van der Waals surface area contributed by atoms with Crippen LogP contribution in [0.5, 0.6) is 0 Å². The van der Waals surface area contributed by atoms with Gasteiger partial charge in [-0.1, -0.05) is 39.3 Å². The van der Waals surface area contributed by atoms with Gasteiger partial charge in [0.05, 0.1) is 0 Å². The zero-order valence-corrected chi connectivity index (χ0v) is 12.7. The van der Waals surface area contributed by atoms with Crippen molar-refractivity contribution < 1.29 is 8.78 Å². The molecule has 2 unspecified atom stereocenters. The van der Waals surface area contributed by atoms with E-state index in [0.717, 1.165) is 18.6 Å². The Morgan fingerprint density at radius 3 is 2.26 bits per heavy atom. The maximum absolute atomic E-state index is 13.2. The lowest BCUT2D eigenvalue weighted by molar-refractivity contribution is 0.286. The van der Waals surface area contributed by atoms with E-state index in [0.29, 0.717) is 17.9 Å². The first-order valence-electron chi connectivity index (χ1n) is 6.50. The molecule has 0 bridgehead atoms. The fraction of sp³-hybridized carbons (Fsp3) is 0.600. The molecule has 0 aromatic heterocycles. The van der Waals surface area contributed by atoms with E-state index < -0.39 is 11.6 Å². The molecule has 0 spiro atoms. The van der Waals surface area contributed by atoms with Gasteiger partial charge in [-0.05, 0) is 41.9 Å². The summed E-state index contributed by atoms with van der Waals surface area (Å²) in [7, 11) is 0. The summed E-state index contributed by atoms with van der Waals surface area (Å²) in [6.45, 7) is 8.61. The smallest absolute Gasteiger partial charge is 0.160 e. The first-order valence-corrected chi connectivity index (χ1v) is 6.88. The fourth-order valence-electron chi connectivity index (χ4n) is 2.51. The van der Waals surface area contributed by atoms with Crippen LogP contribution in [0.4, 0.5) is 8.78 Å². The van der Waals surface area contributed by atoms with Crippen molar-refractivity contribution in [2.24, 2.45) is 17.1 Å². The summed E-state index contributed by atoms with van der Waals surface area (Å²) in [5.74, 6) is -1.46. The molecule has 19 heavy (non-hydrogen) atoms. The van der Waals surface area contributed by atoms with Crippen LogP contribution in [0, 0.1) is 23.0 Å². The van der Waals surface area contributed by atoms with Gasteiger partial charge < -0.3 is 5.73 Å². The third kappa shape index (κ3) is 5.07. The molecule has 0 aliphatic heterocycles. The first-order chi connectivity index (χ1) is 8.60. The van der Waals surface area contributed by atoms with Crippen LogP contribution in [0.25, 0.3) is 0 Å². The maximum atomic E-state index is 13.2. The minimum Gasteiger partial charge on any atom is -0.324 e. The number of benzene rings is 1. The van der Waals surface area contributed by atoms with Crippen molar-refractivity contribution in [3.05, 3.63) is 34.4 Å².